The van der Waals surface area contributed by atoms with E-state index in [1.165, 1.54) is 0 Å². The van der Waals surface area contributed by atoms with Crippen LogP contribution in [0.5, 0.6) is 5.75 Å². The molecule has 23 heavy (non-hydrogen) atoms. The number of ether oxygens (including phenoxy) is 1. The molecule has 0 saturated heterocycles. The van der Waals surface area contributed by atoms with Crippen LogP contribution < -0.4 is 4.74 Å². The second kappa shape index (κ2) is 6.93. The van der Waals surface area contributed by atoms with Crippen molar-refractivity contribution < 1.29 is 9.53 Å². The minimum atomic E-state index is 0.0645. The molecular weight excluding hydrogens is 284 g/mol. The summed E-state index contributed by atoms with van der Waals surface area (Å²) in [5.74, 6) is 0.900. The summed E-state index contributed by atoms with van der Waals surface area (Å²) in [5, 5.41) is 0. The van der Waals surface area contributed by atoms with Crippen molar-refractivity contribution in [2.75, 3.05) is 7.11 Å². The van der Waals surface area contributed by atoms with E-state index in [1.54, 1.807) is 7.11 Å². The number of hydrogen-bond acceptors (Lipinski definition) is 2. The summed E-state index contributed by atoms with van der Waals surface area (Å²) >= 11 is 0. The van der Waals surface area contributed by atoms with Gasteiger partial charge in [0.05, 0.1) is 7.11 Å². The molecule has 0 unspecified atom stereocenters. The summed E-state index contributed by atoms with van der Waals surface area (Å²) in [6.45, 7) is 0. The Balaban J connectivity index is 1.90. The van der Waals surface area contributed by atoms with Crippen LogP contribution in [0.3, 0.4) is 0 Å². The Labute approximate surface area is 136 Å². The van der Waals surface area contributed by atoms with Gasteiger partial charge in [-0.25, -0.2) is 0 Å². The number of rotatable bonds is 5. The summed E-state index contributed by atoms with van der Waals surface area (Å²) < 4.78 is 5.19. The normalized spacial score (nSPS) is 10.3. The molecule has 0 bridgehead atoms. The average Bonchev–Trinajstić information content (AvgIpc) is 2.63. The van der Waals surface area contributed by atoms with E-state index in [9.17, 15) is 4.79 Å². The number of carbonyl (C=O) groups excluding carboxylic acids is 1. The van der Waals surface area contributed by atoms with E-state index in [0.29, 0.717) is 0 Å². The van der Waals surface area contributed by atoms with Gasteiger partial charge in [0.2, 0.25) is 0 Å². The summed E-state index contributed by atoms with van der Waals surface area (Å²) in [6, 6.07) is 25.1. The molecule has 0 aliphatic heterocycles. The molecule has 0 fully saturated rings. The van der Waals surface area contributed by atoms with Crippen LogP contribution in [0.15, 0.2) is 78.9 Å². The standard InChI is InChI=1S/C21H18O2/c1-23-19-13-11-16(12-14-19)15-18-9-5-6-10-20(18)21(22)17-7-3-2-4-8-17/h2-14H,15H2,1H3. The fourth-order valence-corrected chi connectivity index (χ4v) is 2.60. The van der Waals surface area contributed by atoms with Gasteiger partial charge < -0.3 is 4.74 Å². The van der Waals surface area contributed by atoms with Crippen molar-refractivity contribution in [1.29, 1.82) is 0 Å². The number of ketones is 1. The molecule has 3 rings (SSSR count). The van der Waals surface area contributed by atoms with Gasteiger partial charge in [0.25, 0.3) is 0 Å². The van der Waals surface area contributed by atoms with E-state index >= 15 is 0 Å². The molecule has 114 valence electrons. The maximum absolute atomic E-state index is 12.7. The zero-order chi connectivity index (χ0) is 16.1. The van der Waals surface area contributed by atoms with Crippen molar-refractivity contribution in [3.63, 3.8) is 0 Å². The Morgan fingerprint density at radius 1 is 0.826 bits per heavy atom. The average molecular weight is 302 g/mol. The van der Waals surface area contributed by atoms with E-state index in [1.807, 2.05) is 78.9 Å². The van der Waals surface area contributed by atoms with Gasteiger partial charge in [-0.3, -0.25) is 4.79 Å². The predicted molar refractivity (Wildman–Crippen MR) is 92.1 cm³/mol. The molecule has 2 nitrogen and oxygen atoms in total. The second-order valence-corrected chi connectivity index (χ2v) is 5.38. The topological polar surface area (TPSA) is 26.3 Å². The highest BCUT2D eigenvalue weighted by Crippen LogP contribution is 2.20. The monoisotopic (exact) mass is 302 g/mol. The SMILES string of the molecule is COc1ccc(Cc2ccccc2C(=O)c2ccccc2)cc1. The molecule has 0 amide bonds. The molecule has 0 saturated carbocycles. The third-order valence-electron chi connectivity index (χ3n) is 3.85. The van der Waals surface area contributed by atoms with Gasteiger partial charge in [-0.1, -0.05) is 66.7 Å². The van der Waals surface area contributed by atoms with Crippen LogP contribution in [0.25, 0.3) is 0 Å². The molecule has 0 atom stereocenters. The third-order valence-corrected chi connectivity index (χ3v) is 3.85. The van der Waals surface area contributed by atoms with Crippen LogP contribution in [0.1, 0.15) is 27.0 Å². The fourth-order valence-electron chi connectivity index (χ4n) is 2.60. The van der Waals surface area contributed by atoms with Crippen LogP contribution in [0.2, 0.25) is 0 Å². The molecule has 3 aromatic rings. The van der Waals surface area contributed by atoms with Crippen LogP contribution in [-0.4, -0.2) is 12.9 Å². The molecular formula is C21H18O2. The van der Waals surface area contributed by atoms with Gasteiger partial charge in [0, 0.05) is 11.1 Å². The Kier molecular flexibility index (Phi) is 4.53. The van der Waals surface area contributed by atoms with Gasteiger partial charge >= 0.3 is 0 Å². The maximum atomic E-state index is 12.7. The van der Waals surface area contributed by atoms with Crippen molar-refractivity contribution in [3.05, 3.63) is 101 Å². The molecule has 0 spiro atoms. The first-order valence-corrected chi connectivity index (χ1v) is 7.58. The Hall–Kier alpha value is -2.87. The van der Waals surface area contributed by atoms with Gasteiger partial charge in [-0.15, -0.1) is 0 Å². The molecule has 0 heterocycles. The van der Waals surface area contributed by atoms with Crippen LogP contribution >= 0.6 is 0 Å². The highest BCUT2D eigenvalue weighted by Gasteiger charge is 2.13. The number of benzene rings is 3. The lowest BCUT2D eigenvalue weighted by Gasteiger charge is -2.09. The summed E-state index contributed by atoms with van der Waals surface area (Å²) in [4.78, 5) is 12.7. The molecule has 3 aromatic carbocycles. The summed E-state index contributed by atoms with van der Waals surface area (Å²) in [5.41, 5.74) is 3.66. The van der Waals surface area contributed by atoms with Crippen molar-refractivity contribution >= 4 is 5.78 Å². The molecule has 0 aliphatic rings. The lowest BCUT2D eigenvalue weighted by molar-refractivity contribution is 0.103. The third kappa shape index (κ3) is 3.49. The highest BCUT2D eigenvalue weighted by molar-refractivity contribution is 6.09. The van der Waals surface area contributed by atoms with Crippen molar-refractivity contribution in [1.82, 2.24) is 0 Å². The highest BCUT2D eigenvalue weighted by atomic mass is 16.5. The number of hydrogen-bond donors (Lipinski definition) is 0. The molecule has 0 N–H and O–H groups in total. The Bertz CT molecular complexity index is 790. The smallest absolute Gasteiger partial charge is 0.193 e. The first kappa shape index (κ1) is 15.0. The lowest BCUT2D eigenvalue weighted by atomic mass is 9.94. The number of carbonyl (C=O) groups is 1. The van der Waals surface area contributed by atoms with Gasteiger partial charge in [-0.05, 0) is 29.7 Å². The van der Waals surface area contributed by atoms with Crippen LogP contribution in [0, 0.1) is 0 Å². The van der Waals surface area contributed by atoms with Gasteiger partial charge in [0.15, 0.2) is 5.78 Å². The summed E-state index contributed by atoms with van der Waals surface area (Å²) in [7, 11) is 1.66. The predicted octanol–water partition coefficient (Wildman–Crippen LogP) is 4.52. The van der Waals surface area contributed by atoms with Crippen LogP contribution in [0.4, 0.5) is 0 Å². The maximum Gasteiger partial charge on any atom is 0.193 e. The largest absolute Gasteiger partial charge is 0.497 e. The van der Waals surface area contributed by atoms with Gasteiger partial charge in [0.1, 0.15) is 5.75 Å². The van der Waals surface area contributed by atoms with E-state index in [4.69, 9.17) is 4.74 Å². The summed E-state index contributed by atoms with van der Waals surface area (Å²) in [6.07, 6.45) is 0.721. The van der Waals surface area contributed by atoms with Crippen molar-refractivity contribution in [3.8, 4) is 5.75 Å². The van der Waals surface area contributed by atoms with Crippen LogP contribution in [-0.2, 0) is 6.42 Å². The second-order valence-electron chi connectivity index (χ2n) is 5.38. The lowest BCUT2D eigenvalue weighted by Crippen LogP contribution is -2.05. The van der Waals surface area contributed by atoms with Crippen molar-refractivity contribution in [2.45, 2.75) is 6.42 Å². The zero-order valence-corrected chi connectivity index (χ0v) is 13.0. The zero-order valence-electron chi connectivity index (χ0n) is 13.0. The molecule has 2 heteroatoms. The van der Waals surface area contributed by atoms with E-state index in [-0.39, 0.29) is 5.78 Å². The fraction of sp³-hybridized carbons (Fsp3) is 0.0952. The van der Waals surface area contributed by atoms with E-state index in [2.05, 4.69) is 0 Å². The molecule has 0 aliphatic carbocycles. The number of methoxy groups -OCH3 is 1. The van der Waals surface area contributed by atoms with E-state index < -0.39 is 0 Å². The quantitative estimate of drug-likeness (QED) is 0.648. The minimum Gasteiger partial charge on any atom is -0.497 e. The molecule has 0 radical (unpaired) electrons. The van der Waals surface area contributed by atoms with Gasteiger partial charge in [-0.2, -0.15) is 0 Å². The minimum absolute atomic E-state index is 0.0645. The first-order chi connectivity index (χ1) is 11.3. The van der Waals surface area contributed by atoms with Crippen molar-refractivity contribution in [2.24, 2.45) is 0 Å². The first-order valence-electron chi connectivity index (χ1n) is 7.58. The Morgan fingerprint density at radius 3 is 2.17 bits per heavy atom. The van der Waals surface area contributed by atoms with E-state index in [0.717, 1.165) is 34.4 Å². The Morgan fingerprint density at radius 2 is 1.48 bits per heavy atom. The molecule has 0 aromatic heterocycles.